The second kappa shape index (κ2) is 18.4. The van der Waals surface area contributed by atoms with Gasteiger partial charge in [-0.3, -0.25) is 0 Å². The van der Waals surface area contributed by atoms with Crippen LogP contribution < -0.4 is 0 Å². The quantitative estimate of drug-likeness (QED) is 0.390. The predicted octanol–water partition coefficient (Wildman–Crippen LogP) is 10.7. The fourth-order valence-electron chi connectivity index (χ4n) is 2.56. The van der Waals surface area contributed by atoms with Crippen molar-refractivity contribution in [1.82, 2.24) is 0 Å². The van der Waals surface area contributed by atoms with Gasteiger partial charge in [-0.2, -0.15) is 0 Å². The van der Waals surface area contributed by atoms with Crippen LogP contribution in [0.2, 0.25) is 0 Å². The Labute approximate surface area is 171 Å². The Bertz CT molecular complexity index is 221. The summed E-state index contributed by atoms with van der Waals surface area (Å²) >= 11 is 0. The molecule has 0 aliphatic heterocycles. The highest BCUT2D eigenvalue weighted by atomic mass is 14.1. The second-order valence-corrected chi connectivity index (χ2v) is 11.3. The molecule has 0 heterocycles. The maximum Gasteiger partial charge on any atom is -0.0383 e. The summed E-state index contributed by atoms with van der Waals surface area (Å²) in [5, 5.41) is 0. The third kappa shape index (κ3) is 49.6. The first kappa shape index (κ1) is 33.6. The third-order valence-corrected chi connectivity index (χ3v) is 4.06. The first-order valence-corrected chi connectivity index (χ1v) is 11.2. The van der Waals surface area contributed by atoms with E-state index < -0.39 is 0 Å². The van der Waals surface area contributed by atoms with Gasteiger partial charge in [-0.25, -0.2) is 0 Å². The molecule has 0 amide bonds. The molecule has 0 aliphatic rings. The minimum absolute atomic E-state index is 0. The summed E-state index contributed by atoms with van der Waals surface area (Å²) in [6, 6.07) is 0. The Balaban J connectivity index is -0.000000138. The molecule has 0 fully saturated rings. The molecule has 0 rings (SSSR count). The summed E-state index contributed by atoms with van der Waals surface area (Å²) in [4.78, 5) is 0. The molecule has 0 aromatic heterocycles. The zero-order valence-electron chi connectivity index (χ0n) is 20.6. The van der Waals surface area contributed by atoms with E-state index in [1.807, 2.05) is 0 Å². The van der Waals surface area contributed by atoms with Crippen molar-refractivity contribution in [3.05, 3.63) is 0 Å². The molecule has 0 aliphatic carbocycles. The average molecular weight is 373 g/mol. The Kier molecular flexibility index (Phi) is 23.7. The smallest absolute Gasteiger partial charge is 0.0383 e. The van der Waals surface area contributed by atoms with Crippen molar-refractivity contribution in [1.29, 1.82) is 0 Å². The van der Waals surface area contributed by atoms with Crippen molar-refractivity contribution in [2.75, 3.05) is 0 Å². The van der Waals surface area contributed by atoms with Crippen LogP contribution in [0.25, 0.3) is 0 Å². The van der Waals surface area contributed by atoms with Crippen LogP contribution in [0.5, 0.6) is 0 Å². The normalized spacial score (nSPS) is 11.5. The molecule has 0 bridgehead atoms. The van der Waals surface area contributed by atoms with Gasteiger partial charge in [0.1, 0.15) is 0 Å². The van der Waals surface area contributed by atoms with Gasteiger partial charge in [0.05, 0.1) is 0 Å². The summed E-state index contributed by atoms with van der Waals surface area (Å²) < 4.78 is 0. The van der Waals surface area contributed by atoms with Crippen LogP contribution in [0.1, 0.15) is 155 Å². The monoisotopic (exact) mass is 372 g/mol. The molecule has 0 radical (unpaired) electrons. The first-order valence-electron chi connectivity index (χ1n) is 11.2. The molecule has 0 unspecified atom stereocenters. The van der Waals surface area contributed by atoms with Crippen LogP contribution in [-0.4, -0.2) is 0 Å². The Morgan fingerprint density at radius 2 is 0.654 bits per heavy atom. The van der Waals surface area contributed by atoms with Gasteiger partial charge in [-0.15, -0.1) is 0 Å². The first-order chi connectivity index (χ1) is 11.2. The highest BCUT2D eigenvalue weighted by molar-refractivity contribution is 4.61. The molecule has 0 atom stereocenters. The van der Waals surface area contributed by atoms with E-state index in [4.69, 9.17) is 0 Å². The van der Waals surface area contributed by atoms with E-state index in [0.717, 1.165) is 0 Å². The number of hydrogen-bond donors (Lipinski definition) is 0. The lowest BCUT2D eigenvalue weighted by Crippen LogP contribution is -2.03. The standard InChI is InChI=1S/2C9H20.C7H16.CH4/c2*1-5-6-7-8-9(2,3)4;1-5-6-7(2,3)4;/h2*5-8H2,1-4H3;5-6H2,1-4H3;1H4. The predicted molar refractivity (Wildman–Crippen MR) is 128 cm³/mol. The van der Waals surface area contributed by atoms with Gasteiger partial charge >= 0.3 is 0 Å². The average Bonchev–Trinajstić information content (AvgIpc) is 2.36. The van der Waals surface area contributed by atoms with Crippen LogP contribution in [0.4, 0.5) is 0 Å². The van der Waals surface area contributed by atoms with Crippen LogP contribution in [0, 0.1) is 16.2 Å². The fraction of sp³-hybridized carbons (Fsp3) is 1.00. The lowest BCUT2D eigenvalue weighted by molar-refractivity contribution is 0.359. The molecule has 0 heteroatoms. The van der Waals surface area contributed by atoms with Crippen LogP contribution in [0.15, 0.2) is 0 Å². The maximum absolute atomic E-state index is 2.31. The minimum atomic E-state index is 0. The van der Waals surface area contributed by atoms with Crippen molar-refractivity contribution >= 4 is 0 Å². The Morgan fingerprint density at radius 3 is 0.769 bits per heavy atom. The summed E-state index contributed by atoms with van der Waals surface area (Å²) in [6.07, 6.45) is 13.7. The Morgan fingerprint density at radius 1 is 0.385 bits per heavy atom. The van der Waals surface area contributed by atoms with Crippen molar-refractivity contribution < 1.29 is 0 Å². The molecule has 0 spiro atoms. The second-order valence-electron chi connectivity index (χ2n) is 11.3. The van der Waals surface area contributed by atoms with Crippen LogP contribution >= 0.6 is 0 Å². The molecular weight excluding hydrogens is 312 g/mol. The van der Waals surface area contributed by atoms with Crippen LogP contribution in [0.3, 0.4) is 0 Å². The largest absolute Gasteiger partial charge is 0.0776 e. The molecule has 0 nitrogen and oxygen atoms in total. The maximum atomic E-state index is 2.31. The molecule has 0 N–H and O–H groups in total. The van der Waals surface area contributed by atoms with Gasteiger partial charge in [0.25, 0.3) is 0 Å². The fourth-order valence-corrected chi connectivity index (χ4v) is 2.56. The van der Waals surface area contributed by atoms with E-state index in [0.29, 0.717) is 16.2 Å². The van der Waals surface area contributed by atoms with Gasteiger partial charge < -0.3 is 0 Å². The SMILES string of the molecule is C.CCCC(C)(C)C.CCCCCC(C)(C)C.CCCCCC(C)(C)C. The van der Waals surface area contributed by atoms with Crippen molar-refractivity contribution in [2.45, 2.75) is 155 Å². The van der Waals surface area contributed by atoms with Crippen molar-refractivity contribution in [2.24, 2.45) is 16.2 Å². The molecule has 0 aromatic rings. The Hall–Kier alpha value is 0. The van der Waals surface area contributed by atoms with Gasteiger partial charge in [0.15, 0.2) is 0 Å². The summed E-state index contributed by atoms with van der Waals surface area (Å²) in [5.74, 6) is 0. The molecule has 164 valence electrons. The van der Waals surface area contributed by atoms with Crippen LogP contribution in [-0.2, 0) is 0 Å². The van der Waals surface area contributed by atoms with Gasteiger partial charge in [-0.1, -0.05) is 135 Å². The van der Waals surface area contributed by atoms with E-state index in [1.165, 1.54) is 64.2 Å². The molecule has 26 heavy (non-hydrogen) atoms. The lowest BCUT2D eigenvalue weighted by Gasteiger charge is -2.16. The summed E-state index contributed by atoms with van der Waals surface area (Å²) in [6.45, 7) is 27.4. The van der Waals surface area contributed by atoms with E-state index in [-0.39, 0.29) is 7.43 Å². The topological polar surface area (TPSA) is 0 Å². The number of rotatable bonds is 7. The van der Waals surface area contributed by atoms with E-state index >= 15 is 0 Å². The summed E-state index contributed by atoms with van der Waals surface area (Å²) in [5.41, 5.74) is 1.65. The highest BCUT2D eigenvalue weighted by Gasteiger charge is 2.08. The zero-order valence-corrected chi connectivity index (χ0v) is 20.6. The minimum Gasteiger partial charge on any atom is -0.0776 e. The molecular formula is C26H60. The lowest BCUT2D eigenvalue weighted by atomic mass is 9.90. The van der Waals surface area contributed by atoms with Gasteiger partial charge in [0, 0.05) is 0 Å². The number of unbranched alkanes of at least 4 members (excludes halogenated alkanes) is 4. The zero-order chi connectivity index (χ0) is 20.6. The van der Waals surface area contributed by atoms with E-state index in [2.05, 4.69) is 83.1 Å². The van der Waals surface area contributed by atoms with Gasteiger partial charge in [0.2, 0.25) is 0 Å². The third-order valence-electron chi connectivity index (χ3n) is 4.06. The molecule has 0 saturated heterocycles. The summed E-state index contributed by atoms with van der Waals surface area (Å²) in [7, 11) is 0. The van der Waals surface area contributed by atoms with E-state index in [9.17, 15) is 0 Å². The molecule has 0 aromatic carbocycles. The van der Waals surface area contributed by atoms with E-state index in [1.54, 1.807) is 0 Å². The molecule has 0 saturated carbocycles. The van der Waals surface area contributed by atoms with Gasteiger partial charge in [-0.05, 0) is 35.5 Å². The van der Waals surface area contributed by atoms with Crippen molar-refractivity contribution in [3.8, 4) is 0 Å². The number of hydrogen-bond acceptors (Lipinski definition) is 0. The highest BCUT2D eigenvalue weighted by Crippen LogP contribution is 2.22. The van der Waals surface area contributed by atoms with Crippen molar-refractivity contribution in [3.63, 3.8) is 0 Å².